The largest absolute Gasteiger partial charge is 0.347 e. The summed E-state index contributed by atoms with van der Waals surface area (Å²) in [5, 5.41) is 5.41. The zero-order valence-electron chi connectivity index (χ0n) is 12.6. The normalized spacial score (nSPS) is 11.6. The van der Waals surface area contributed by atoms with Crippen molar-refractivity contribution < 1.29 is 9.59 Å². The number of rotatable bonds is 5. The van der Waals surface area contributed by atoms with E-state index in [9.17, 15) is 9.59 Å². The van der Waals surface area contributed by atoms with Crippen molar-refractivity contribution in [1.82, 2.24) is 15.5 Å². The first-order valence-electron chi connectivity index (χ1n) is 6.78. The number of likely N-dealkylation sites (N-methyl/N-ethyl adjacent to an activating group) is 1. The van der Waals surface area contributed by atoms with Gasteiger partial charge in [0.1, 0.15) is 6.04 Å². The molecular formula is C15H23N3O2. The monoisotopic (exact) mass is 277 g/mol. The number of nitrogens with one attached hydrogen (secondary N) is 2. The van der Waals surface area contributed by atoms with Crippen LogP contribution in [0, 0.1) is 0 Å². The number of urea groups is 1. The maximum absolute atomic E-state index is 11.8. The fraction of sp³-hybridized carbons (Fsp3) is 0.467. The molecule has 110 valence electrons. The summed E-state index contributed by atoms with van der Waals surface area (Å²) in [7, 11) is 3.33. The van der Waals surface area contributed by atoms with Crippen LogP contribution in [0.3, 0.4) is 0 Å². The van der Waals surface area contributed by atoms with Gasteiger partial charge in [0, 0.05) is 20.6 Å². The second kappa shape index (κ2) is 7.53. The van der Waals surface area contributed by atoms with Crippen LogP contribution in [0.1, 0.15) is 25.0 Å². The number of hydrogen-bond acceptors (Lipinski definition) is 2. The summed E-state index contributed by atoms with van der Waals surface area (Å²) in [6.07, 6.45) is 0.926. The minimum atomic E-state index is -0.536. The van der Waals surface area contributed by atoms with Crippen LogP contribution in [0.15, 0.2) is 24.3 Å². The van der Waals surface area contributed by atoms with E-state index in [4.69, 9.17) is 0 Å². The molecule has 1 aromatic carbocycles. The topological polar surface area (TPSA) is 61.4 Å². The van der Waals surface area contributed by atoms with E-state index in [1.54, 1.807) is 21.0 Å². The molecule has 2 N–H and O–H groups in total. The van der Waals surface area contributed by atoms with Crippen molar-refractivity contribution in [3.8, 4) is 0 Å². The van der Waals surface area contributed by atoms with Crippen LogP contribution in [0.4, 0.5) is 4.79 Å². The quantitative estimate of drug-likeness (QED) is 0.857. The second-order valence-corrected chi connectivity index (χ2v) is 4.90. The summed E-state index contributed by atoms with van der Waals surface area (Å²) in [5.41, 5.74) is 2.31. The van der Waals surface area contributed by atoms with Crippen molar-refractivity contribution in [3.63, 3.8) is 0 Å². The van der Waals surface area contributed by atoms with E-state index in [-0.39, 0.29) is 11.9 Å². The van der Waals surface area contributed by atoms with Gasteiger partial charge in [-0.3, -0.25) is 4.79 Å². The predicted molar refractivity (Wildman–Crippen MR) is 79.3 cm³/mol. The van der Waals surface area contributed by atoms with Crippen molar-refractivity contribution in [1.29, 1.82) is 0 Å². The molecule has 1 rings (SSSR count). The first kappa shape index (κ1) is 16.0. The fourth-order valence-corrected chi connectivity index (χ4v) is 1.95. The zero-order valence-corrected chi connectivity index (χ0v) is 12.6. The molecule has 0 spiro atoms. The van der Waals surface area contributed by atoms with E-state index in [2.05, 4.69) is 17.6 Å². The second-order valence-electron chi connectivity index (χ2n) is 4.90. The third-order valence-electron chi connectivity index (χ3n) is 3.10. The average Bonchev–Trinajstić information content (AvgIpc) is 2.44. The Kier molecular flexibility index (Phi) is 6.03. The molecule has 20 heavy (non-hydrogen) atoms. The first-order chi connectivity index (χ1) is 9.45. The summed E-state index contributed by atoms with van der Waals surface area (Å²) in [5.74, 6) is -0.130. The predicted octanol–water partition coefficient (Wildman–Crippen LogP) is 1.52. The smallest absolute Gasteiger partial charge is 0.315 e. The van der Waals surface area contributed by atoms with Crippen molar-refractivity contribution in [2.45, 2.75) is 32.9 Å². The molecule has 0 saturated heterocycles. The van der Waals surface area contributed by atoms with E-state index in [0.29, 0.717) is 6.54 Å². The lowest BCUT2D eigenvalue weighted by Crippen LogP contribution is -2.47. The molecule has 0 aliphatic heterocycles. The van der Waals surface area contributed by atoms with Crippen LogP contribution in [0.2, 0.25) is 0 Å². The molecule has 0 saturated carbocycles. The molecule has 0 fully saturated rings. The van der Waals surface area contributed by atoms with Gasteiger partial charge in [-0.2, -0.15) is 0 Å². The molecule has 0 radical (unpaired) electrons. The highest BCUT2D eigenvalue weighted by atomic mass is 16.2. The molecule has 5 heteroatoms. The van der Waals surface area contributed by atoms with Gasteiger partial charge in [0.25, 0.3) is 0 Å². The lowest BCUT2D eigenvalue weighted by atomic mass is 10.1. The van der Waals surface area contributed by atoms with Gasteiger partial charge < -0.3 is 15.5 Å². The summed E-state index contributed by atoms with van der Waals surface area (Å²) in [4.78, 5) is 24.9. The van der Waals surface area contributed by atoms with Crippen molar-refractivity contribution in [2.24, 2.45) is 0 Å². The Morgan fingerprint density at radius 1 is 1.20 bits per heavy atom. The molecule has 0 aliphatic carbocycles. The highest BCUT2D eigenvalue weighted by molar-refractivity contribution is 5.86. The van der Waals surface area contributed by atoms with Crippen molar-refractivity contribution in [3.05, 3.63) is 35.4 Å². The molecule has 1 aromatic rings. The van der Waals surface area contributed by atoms with Gasteiger partial charge in [0.05, 0.1) is 0 Å². The highest BCUT2D eigenvalue weighted by Crippen LogP contribution is 2.08. The van der Waals surface area contributed by atoms with Gasteiger partial charge in [0.15, 0.2) is 0 Å². The first-order valence-corrected chi connectivity index (χ1v) is 6.78. The van der Waals surface area contributed by atoms with E-state index < -0.39 is 6.04 Å². The van der Waals surface area contributed by atoms with Crippen LogP contribution in [0.5, 0.6) is 0 Å². The number of aryl methyl sites for hydroxylation is 1. The molecule has 0 aliphatic rings. The molecule has 3 amide bonds. The summed E-state index contributed by atoms with van der Waals surface area (Å²) >= 11 is 0. The van der Waals surface area contributed by atoms with Gasteiger partial charge in [-0.25, -0.2) is 4.79 Å². The summed E-state index contributed by atoms with van der Waals surface area (Å²) in [6, 6.07) is 7.11. The number of benzene rings is 1. The van der Waals surface area contributed by atoms with Crippen LogP contribution in [-0.2, 0) is 17.8 Å². The molecule has 0 unspecified atom stereocenters. The Hall–Kier alpha value is -2.04. The fourth-order valence-electron chi connectivity index (χ4n) is 1.95. The Balaban J connectivity index is 2.49. The Morgan fingerprint density at radius 2 is 1.80 bits per heavy atom. The lowest BCUT2D eigenvalue weighted by molar-refractivity contribution is -0.130. The van der Waals surface area contributed by atoms with E-state index in [0.717, 1.165) is 12.0 Å². The number of hydrogen-bond donors (Lipinski definition) is 2. The van der Waals surface area contributed by atoms with Crippen molar-refractivity contribution in [2.75, 3.05) is 14.1 Å². The molecular weight excluding hydrogens is 254 g/mol. The third kappa shape index (κ3) is 4.57. The van der Waals surface area contributed by atoms with E-state index in [1.165, 1.54) is 10.5 Å². The SMILES string of the molecule is CCc1ccccc1CNC(=O)N[C@@H](C)C(=O)N(C)C. The minimum absolute atomic E-state index is 0.130. The van der Waals surface area contributed by atoms with Gasteiger partial charge in [0.2, 0.25) is 5.91 Å². The van der Waals surface area contributed by atoms with Crippen LogP contribution in [0.25, 0.3) is 0 Å². The minimum Gasteiger partial charge on any atom is -0.347 e. The Labute approximate surface area is 120 Å². The molecule has 0 bridgehead atoms. The van der Waals surface area contributed by atoms with E-state index in [1.807, 2.05) is 24.3 Å². The third-order valence-corrected chi connectivity index (χ3v) is 3.10. The number of carbonyl (C=O) groups excluding carboxylic acids is 2. The van der Waals surface area contributed by atoms with Gasteiger partial charge in [-0.05, 0) is 24.5 Å². The standard InChI is InChI=1S/C15H23N3O2/c1-5-12-8-6-7-9-13(12)10-16-15(20)17-11(2)14(19)18(3)4/h6-9,11H,5,10H2,1-4H3,(H2,16,17,20)/t11-/m0/s1. The zero-order chi connectivity index (χ0) is 15.1. The van der Waals surface area contributed by atoms with Crippen LogP contribution >= 0.6 is 0 Å². The summed E-state index contributed by atoms with van der Waals surface area (Å²) < 4.78 is 0. The number of nitrogens with zero attached hydrogens (tertiary/aromatic N) is 1. The molecule has 1 atom stereocenters. The summed E-state index contributed by atoms with van der Waals surface area (Å²) in [6.45, 7) is 4.21. The Bertz CT molecular complexity index is 472. The van der Waals surface area contributed by atoms with Crippen LogP contribution < -0.4 is 10.6 Å². The maximum atomic E-state index is 11.8. The van der Waals surface area contributed by atoms with Crippen molar-refractivity contribution >= 4 is 11.9 Å². The molecule has 5 nitrogen and oxygen atoms in total. The number of carbonyl (C=O) groups is 2. The van der Waals surface area contributed by atoms with Gasteiger partial charge in [-0.1, -0.05) is 31.2 Å². The maximum Gasteiger partial charge on any atom is 0.315 e. The number of amides is 3. The van der Waals surface area contributed by atoms with Gasteiger partial charge >= 0.3 is 6.03 Å². The highest BCUT2D eigenvalue weighted by Gasteiger charge is 2.16. The average molecular weight is 277 g/mol. The van der Waals surface area contributed by atoms with Crippen LogP contribution in [-0.4, -0.2) is 37.0 Å². The molecule has 0 aromatic heterocycles. The van der Waals surface area contributed by atoms with E-state index >= 15 is 0 Å². The lowest BCUT2D eigenvalue weighted by Gasteiger charge is -2.18. The van der Waals surface area contributed by atoms with Gasteiger partial charge in [-0.15, -0.1) is 0 Å². The molecule has 0 heterocycles. The Morgan fingerprint density at radius 3 is 2.35 bits per heavy atom.